The van der Waals surface area contributed by atoms with E-state index in [2.05, 4.69) is 4.74 Å². The van der Waals surface area contributed by atoms with Gasteiger partial charge < -0.3 is 14.2 Å². The first-order chi connectivity index (χ1) is 13.3. The average molecular weight is 428 g/mol. The number of benzene rings is 1. The van der Waals surface area contributed by atoms with E-state index < -0.39 is 5.97 Å². The van der Waals surface area contributed by atoms with Crippen LogP contribution in [0.4, 0.5) is 4.79 Å². The van der Waals surface area contributed by atoms with Crippen molar-refractivity contribution >= 4 is 46.6 Å². The average Bonchev–Trinajstić information content (AvgIpc) is 2.93. The molecular weight excluding hydrogens is 406 g/mol. The van der Waals surface area contributed by atoms with E-state index in [0.29, 0.717) is 29.2 Å². The smallest absolute Gasteiger partial charge is 0.343 e. The topological polar surface area (TPSA) is 82.1 Å². The highest BCUT2D eigenvalue weighted by molar-refractivity contribution is 8.18. The van der Waals surface area contributed by atoms with Crippen molar-refractivity contribution in [1.29, 1.82) is 0 Å². The first kappa shape index (κ1) is 22.1. The second kappa shape index (κ2) is 9.84. The van der Waals surface area contributed by atoms with Gasteiger partial charge in [0.15, 0.2) is 18.1 Å². The zero-order valence-corrected chi connectivity index (χ0v) is 17.7. The molecule has 0 aliphatic carbocycles. The Morgan fingerprint density at radius 3 is 2.61 bits per heavy atom. The molecule has 152 valence electrons. The van der Waals surface area contributed by atoms with Crippen LogP contribution in [0.5, 0.6) is 11.5 Å². The summed E-state index contributed by atoms with van der Waals surface area (Å²) in [6.07, 6.45) is 2.27. The number of esters is 1. The SMILES string of the molecule is CCOc1cc(/C=C2/SC(=O)N([C@@H](C)CC)C2=O)cc(Cl)c1OCC(=O)OC. The fourth-order valence-electron chi connectivity index (χ4n) is 2.46. The second-order valence-corrected chi connectivity index (χ2v) is 7.34. The van der Waals surface area contributed by atoms with Gasteiger partial charge in [0.2, 0.25) is 0 Å². The summed E-state index contributed by atoms with van der Waals surface area (Å²) in [6.45, 7) is 5.57. The molecule has 2 amide bonds. The normalized spacial score (nSPS) is 16.5. The van der Waals surface area contributed by atoms with Crippen LogP contribution < -0.4 is 9.47 Å². The van der Waals surface area contributed by atoms with Crippen LogP contribution in [-0.2, 0) is 14.3 Å². The molecule has 1 saturated heterocycles. The lowest BCUT2D eigenvalue weighted by atomic mass is 10.1. The molecule has 7 nitrogen and oxygen atoms in total. The number of carbonyl (C=O) groups excluding carboxylic acids is 3. The third-order valence-corrected chi connectivity index (χ3v) is 5.21. The molecule has 1 atom stereocenters. The summed E-state index contributed by atoms with van der Waals surface area (Å²) in [5.41, 5.74) is 0.577. The molecule has 2 rings (SSSR count). The number of halogens is 1. The van der Waals surface area contributed by atoms with Crippen LogP contribution in [0.3, 0.4) is 0 Å². The van der Waals surface area contributed by atoms with E-state index in [0.717, 1.165) is 11.8 Å². The van der Waals surface area contributed by atoms with E-state index >= 15 is 0 Å². The molecule has 1 heterocycles. The van der Waals surface area contributed by atoms with Crippen LogP contribution in [0.2, 0.25) is 5.02 Å². The maximum Gasteiger partial charge on any atom is 0.343 e. The Morgan fingerprint density at radius 1 is 1.29 bits per heavy atom. The van der Waals surface area contributed by atoms with E-state index in [9.17, 15) is 14.4 Å². The lowest BCUT2D eigenvalue weighted by Crippen LogP contribution is -2.36. The van der Waals surface area contributed by atoms with Crippen molar-refractivity contribution in [1.82, 2.24) is 4.90 Å². The number of ether oxygens (including phenoxy) is 3. The largest absolute Gasteiger partial charge is 0.490 e. The number of hydrogen-bond acceptors (Lipinski definition) is 7. The van der Waals surface area contributed by atoms with Crippen LogP contribution in [0.1, 0.15) is 32.8 Å². The van der Waals surface area contributed by atoms with E-state index in [1.54, 1.807) is 25.1 Å². The van der Waals surface area contributed by atoms with Gasteiger partial charge in [0.05, 0.1) is 23.6 Å². The predicted octanol–water partition coefficient (Wildman–Crippen LogP) is 4.13. The van der Waals surface area contributed by atoms with Gasteiger partial charge in [-0.25, -0.2) is 4.79 Å². The van der Waals surface area contributed by atoms with Crippen LogP contribution in [0.25, 0.3) is 6.08 Å². The van der Waals surface area contributed by atoms with Crippen LogP contribution in [0, 0.1) is 0 Å². The zero-order chi connectivity index (χ0) is 20.8. The van der Waals surface area contributed by atoms with Crippen LogP contribution >= 0.6 is 23.4 Å². The highest BCUT2D eigenvalue weighted by Crippen LogP contribution is 2.39. The molecular formula is C19H22ClNO6S. The summed E-state index contributed by atoms with van der Waals surface area (Å²) in [6, 6.07) is 3.04. The lowest BCUT2D eigenvalue weighted by Gasteiger charge is -2.19. The van der Waals surface area contributed by atoms with Crippen molar-refractivity contribution < 1.29 is 28.6 Å². The third kappa shape index (κ3) is 4.99. The minimum atomic E-state index is -0.554. The monoisotopic (exact) mass is 427 g/mol. The van der Waals surface area contributed by atoms with E-state index in [1.807, 2.05) is 13.8 Å². The van der Waals surface area contributed by atoms with Crippen LogP contribution in [-0.4, -0.2) is 48.4 Å². The van der Waals surface area contributed by atoms with Gasteiger partial charge in [-0.1, -0.05) is 18.5 Å². The molecule has 9 heteroatoms. The maximum absolute atomic E-state index is 12.6. The molecule has 0 radical (unpaired) electrons. The summed E-state index contributed by atoms with van der Waals surface area (Å²) in [4.78, 5) is 37.6. The minimum Gasteiger partial charge on any atom is -0.490 e. The summed E-state index contributed by atoms with van der Waals surface area (Å²) >= 11 is 7.18. The van der Waals surface area contributed by atoms with Gasteiger partial charge in [-0.15, -0.1) is 0 Å². The Bertz CT molecular complexity index is 810. The van der Waals surface area contributed by atoms with Crippen molar-refractivity contribution in [3.8, 4) is 11.5 Å². The Hall–Kier alpha value is -2.19. The van der Waals surface area contributed by atoms with Gasteiger partial charge in [0.1, 0.15) is 0 Å². The molecule has 0 bridgehead atoms. The number of thioether (sulfide) groups is 1. The van der Waals surface area contributed by atoms with Crippen molar-refractivity contribution in [2.75, 3.05) is 20.3 Å². The molecule has 1 aliphatic heterocycles. The van der Waals surface area contributed by atoms with E-state index in [1.165, 1.54) is 12.0 Å². The third-order valence-electron chi connectivity index (χ3n) is 4.05. The highest BCUT2D eigenvalue weighted by Gasteiger charge is 2.37. The lowest BCUT2D eigenvalue weighted by molar-refractivity contribution is -0.142. The standard InChI is InChI=1S/C19H22ClNO6S/c1-5-11(3)21-18(23)15(28-19(21)24)9-12-7-13(20)17(14(8-12)26-6-2)27-10-16(22)25-4/h7-9,11H,5-6,10H2,1-4H3/b15-9+/t11-/m0/s1. The molecule has 28 heavy (non-hydrogen) atoms. The van der Waals surface area contributed by atoms with Gasteiger partial charge in [0.25, 0.3) is 11.1 Å². The molecule has 0 saturated carbocycles. The van der Waals surface area contributed by atoms with Crippen molar-refractivity contribution in [3.05, 3.63) is 27.6 Å². The van der Waals surface area contributed by atoms with Gasteiger partial charge in [-0.05, 0) is 55.8 Å². The summed E-state index contributed by atoms with van der Waals surface area (Å²) in [7, 11) is 1.26. The number of methoxy groups -OCH3 is 1. The summed E-state index contributed by atoms with van der Waals surface area (Å²) in [5.74, 6) is -0.351. The highest BCUT2D eigenvalue weighted by atomic mass is 35.5. The Labute approximate surface area is 172 Å². The molecule has 1 fully saturated rings. The van der Waals surface area contributed by atoms with Crippen molar-refractivity contribution in [3.63, 3.8) is 0 Å². The molecule has 1 aromatic carbocycles. The van der Waals surface area contributed by atoms with Crippen LogP contribution in [0.15, 0.2) is 17.0 Å². The Morgan fingerprint density at radius 2 is 2.00 bits per heavy atom. The quantitative estimate of drug-likeness (QED) is 0.455. The number of imide groups is 1. The first-order valence-electron chi connectivity index (χ1n) is 8.75. The van der Waals surface area contributed by atoms with Gasteiger partial charge in [-0.3, -0.25) is 14.5 Å². The van der Waals surface area contributed by atoms with Gasteiger partial charge >= 0.3 is 5.97 Å². The molecule has 0 aromatic heterocycles. The fourth-order valence-corrected chi connectivity index (χ4v) is 3.66. The zero-order valence-electron chi connectivity index (χ0n) is 16.1. The summed E-state index contributed by atoms with van der Waals surface area (Å²) < 4.78 is 15.5. The van der Waals surface area contributed by atoms with Gasteiger partial charge in [0, 0.05) is 6.04 Å². The molecule has 0 N–H and O–H groups in total. The molecule has 1 aromatic rings. The number of rotatable bonds is 8. The van der Waals surface area contributed by atoms with Crippen molar-refractivity contribution in [2.24, 2.45) is 0 Å². The Balaban J connectivity index is 2.34. The molecule has 1 aliphatic rings. The number of hydrogen-bond donors (Lipinski definition) is 0. The summed E-state index contributed by atoms with van der Waals surface area (Å²) in [5, 5.41) is -0.0815. The minimum absolute atomic E-state index is 0.171. The fraction of sp³-hybridized carbons (Fsp3) is 0.421. The predicted molar refractivity (Wildman–Crippen MR) is 108 cm³/mol. The maximum atomic E-state index is 12.6. The molecule has 0 spiro atoms. The number of nitrogens with zero attached hydrogens (tertiary/aromatic N) is 1. The van der Waals surface area contributed by atoms with E-state index in [4.69, 9.17) is 21.1 Å². The number of carbonyl (C=O) groups is 3. The second-order valence-electron chi connectivity index (χ2n) is 5.94. The number of amides is 2. The van der Waals surface area contributed by atoms with Gasteiger partial charge in [-0.2, -0.15) is 0 Å². The first-order valence-corrected chi connectivity index (χ1v) is 9.94. The van der Waals surface area contributed by atoms with E-state index in [-0.39, 0.29) is 34.6 Å². The Kier molecular flexibility index (Phi) is 7.77. The van der Waals surface area contributed by atoms with Crippen molar-refractivity contribution in [2.45, 2.75) is 33.2 Å². The molecule has 0 unspecified atom stereocenters.